The van der Waals surface area contributed by atoms with Gasteiger partial charge in [0, 0.05) is 5.69 Å². The van der Waals surface area contributed by atoms with E-state index in [1.807, 2.05) is 48.5 Å². The number of nitrogens with one attached hydrogen (secondary N) is 1. The van der Waals surface area contributed by atoms with Gasteiger partial charge < -0.3 is 14.8 Å². The van der Waals surface area contributed by atoms with Crippen LogP contribution in [0.5, 0.6) is 11.5 Å². The molecule has 0 aliphatic rings. The van der Waals surface area contributed by atoms with Crippen LogP contribution in [0.3, 0.4) is 0 Å². The van der Waals surface area contributed by atoms with Gasteiger partial charge >= 0.3 is 0 Å². The Bertz CT molecular complexity index is 591. The highest BCUT2D eigenvalue weighted by Crippen LogP contribution is 2.17. The second kappa shape index (κ2) is 8.08. The van der Waals surface area contributed by atoms with Crippen molar-refractivity contribution in [2.75, 3.05) is 19.0 Å². The number of anilines is 1. The molecule has 0 radical (unpaired) electrons. The molecule has 0 saturated carbocycles. The zero-order chi connectivity index (χ0) is 15.8. The van der Waals surface area contributed by atoms with Crippen LogP contribution in [0.25, 0.3) is 0 Å². The van der Waals surface area contributed by atoms with Crippen molar-refractivity contribution >= 4 is 11.6 Å². The van der Waals surface area contributed by atoms with Gasteiger partial charge in [-0.05, 0) is 48.4 Å². The summed E-state index contributed by atoms with van der Waals surface area (Å²) in [5.41, 5.74) is 1.71. The predicted octanol–water partition coefficient (Wildman–Crippen LogP) is 3.67. The Morgan fingerprint density at radius 3 is 2.23 bits per heavy atom. The Labute approximate surface area is 131 Å². The average Bonchev–Trinajstić information content (AvgIpc) is 2.55. The molecule has 0 unspecified atom stereocenters. The molecule has 0 aromatic heterocycles. The van der Waals surface area contributed by atoms with Gasteiger partial charge in [0.2, 0.25) is 5.91 Å². The molecule has 0 heterocycles. The third kappa shape index (κ3) is 4.81. The van der Waals surface area contributed by atoms with Crippen LogP contribution in [0.2, 0.25) is 0 Å². The summed E-state index contributed by atoms with van der Waals surface area (Å²) in [5, 5.41) is 2.88. The van der Waals surface area contributed by atoms with Crippen molar-refractivity contribution in [2.45, 2.75) is 19.8 Å². The molecule has 0 spiro atoms. The maximum absolute atomic E-state index is 12.0. The normalized spacial score (nSPS) is 10.1. The molecule has 0 fully saturated rings. The Morgan fingerprint density at radius 2 is 1.64 bits per heavy atom. The van der Waals surface area contributed by atoms with Crippen LogP contribution in [-0.2, 0) is 11.2 Å². The summed E-state index contributed by atoms with van der Waals surface area (Å²) in [7, 11) is 1.62. The lowest BCUT2D eigenvalue weighted by Crippen LogP contribution is -2.14. The SMILES string of the molecule is CCCOc1ccc(NC(=O)Cc2ccc(OC)cc2)cc1. The topological polar surface area (TPSA) is 47.6 Å². The molecule has 2 aromatic rings. The Kier molecular flexibility index (Phi) is 5.83. The molecule has 2 rings (SSSR count). The maximum atomic E-state index is 12.0. The second-order valence-electron chi connectivity index (χ2n) is 4.95. The maximum Gasteiger partial charge on any atom is 0.228 e. The van der Waals surface area contributed by atoms with E-state index in [9.17, 15) is 4.79 Å². The molecule has 116 valence electrons. The fraction of sp³-hybridized carbons (Fsp3) is 0.278. The number of hydrogen-bond acceptors (Lipinski definition) is 3. The largest absolute Gasteiger partial charge is 0.497 e. The summed E-state index contributed by atoms with van der Waals surface area (Å²) in [4.78, 5) is 12.0. The Balaban J connectivity index is 1.88. The standard InChI is InChI=1S/C18H21NO3/c1-3-12-22-17-10-6-15(7-11-17)19-18(20)13-14-4-8-16(21-2)9-5-14/h4-11H,3,12-13H2,1-2H3,(H,19,20). The van der Waals surface area contributed by atoms with Gasteiger partial charge in [0.25, 0.3) is 0 Å². The van der Waals surface area contributed by atoms with E-state index in [1.54, 1.807) is 7.11 Å². The van der Waals surface area contributed by atoms with Crippen molar-refractivity contribution in [3.63, 3.8) is 0 Å². The van der Waals surface area contributed by atoms with Gasteiger partial charge in [0.05, 0.1) is 20.1 Å². The molecule has 0 atom stereocenters. The van der Waals surface area contributed by atoms with E-state index in [0.717, 1.165) is 29.2 Å². The van der Waals surface area contributed by atoms with E-state index in [1.165, 1.54) is 0 Å². The third-order valence-electron chi connectivity index (χ3n) is 3.13. The van der Waals surface area contributed by atoms with E-state index in [2.05, 4.69) is 12.2 Å². The molecule has 4 nitrogen and oxygen atoms in total. The number of amides is 1. The average molecular weight is 299 g/mol. The van der Waals surface area contributed by atoms with Crippen molar-refractivity contribution in [3.8, 4) is 11.5 Å². The first kappa shape index (κ1) is 15.9. The van der Waals surface area contributed by atoms with Crippen LogP contribution in [0.1, 0.15) is 18.9 Å². The van der Waals surface area contributed by atoms with E-state index >= 15 is 0 Å². The molecular formula is C18H21NO3. The van der Waals surface area contributed by atoms with Crippen molar-refractivity contribution in [2.24, 2.45) is 0 Å². The Morgan fingerprint density at radius 1 is 1.00 bits per heavy atom. The highest BCUT2D eigenvalue weighted by Gasteiger charge is 2.05. The molecule has 1 N–H and O–H groups in total. The van der Waals surface area contributed by atoms with E-state index in [0.29, 0.717) is 13.0 Å². The monoisotopic (exact) mass is 299 g/mol. The van der Waals surface area contributed by atoms with E-state index in [-0.39, 0.29) is 5.91 Å². The number of methoxy groups -OCH3 is 1. The minimum atomic E-state index is -0.0487. The second-order valence-corrected chi connectivity index (χ2v) is 4.95. The zero-order valence-electron chi connectivity index (χ0n) is 13.0. The molecule has 0 aliphatic heterocycles. The highest BCUT2D eigenvalue weighted by atomic mass is 16.5. The number of rotatable bonds is 7. The summed E-state index contributed by atoms with van der Waals surface area (Å²) in [6, 6.07) is 14.9. The van der Waals surface area contributed by atoms with Crippen LogP contribution >= 0.6 is 0 Å². The van der Waals surface area contributed by atoms with Crippen molar-refractivity contribution in [1.29, 1.82) is 0 Å². The van der Waals surface area contributed by atoms with Crippen molar-refractivity contribution < 1.29 is 14.3 Å². The summed E-state index contributed by atoms with van der Waals surface area (Å²) < 4.78 is 10.6. The fourth-order valence-corrected chi connectivity index (χ4v) is 1.99. The summed E-state index contributed by atoms with van der Waals surface area (Å²) in [6.07, 6.45) is 1.30. The first-order chi connectivity index (χ1) is 10.7. The van der Waals surface area contributed by atoms with Gasteiger partial charge in [-0.3, -0.25) is 4.79 Å². The van der Waals surface area contributed by atoms with Gasteiger partial charge in [0.15, 0.2) is 0 Å². The van der Waals surface area contributed by atoms with Crippen LogP contribution in [0.4, 0.5) is 5.69 Å². The van der Waals surface area contributed by atoms with Crippen molar-refractivity contribution in [3.05, 3.63) is 54.1 Å². The van der Waals surface area contributed by atoms with E-state index in [4.69, 9.17) is 9.47 Å². The van der Waals surface area contributed by atoms with Gasteiger partial charge in [0.1, 0.15) is 11.5 Å². The first-order valence-corrected chi connectivity index (χ1v) is 7.37. The summed E-state index contributed by atoms with van der Waals surface area (Å²) in [6.45, 7) is 2.76. The zero-order valence-corrected chi connectivity index (χ0v) is 13.0. The van der Waals surface area contributed by atoms with E-state index < -0.39 is 0 Å². The van der Waals surface area contributed by atoms with Gasteiger partial charge in [-0.25, -0.2) is 0 Å². The lowest BCUT2D eigenvalue weighted by molar-refractivity contribution is -0.115. The number of benzene rings is 2. The molecule has 0 aliphatic carbocycles. The Hall–Kier alpha value is -2.49. The molecule has 1 amide bonds. The molecule has 0 bridgehead atoms. The van der Waals surface area contributed by atoms with Gasteiger partial charge in [-0.2, -0.15) is 0 Å². The molecule has 2 aromatic carbocycles. The van der Waals surface area contributed by atoms with Crippen LogP contribution in [0.15, 0.2) is 48.5 Å². The van der Waals surface area contributed by atoms with Crippen LogP contribution in [0, 0.1) is 0 Å². The first-order valence-electron chi connectivity index (χ1n) is 7.37. The van der Waals surface area contributed by atoms with Gasteiger partial charge in [-0.1, -0.05) is 19.1 Å². The molecule has 22 heavy (non-hydrogen) atoms. The molecular weight excluding hydrogens is 278 g/mol. The summed E-state index contributed by atoms with van der Waals surface area (Å²) >= 11 is 0. The molecule has 0 saturated heterocycles. The van der Waals surface area contributed by atoms with Crippen molar-refractivity contribution in [1.82, 2.24) is 0 Å². The predicted molar refractivity (Wildman–Crippen MR) is 87.6 cm³/mol. The lowest BCUT2D eigenvalue weighted by Gasteiger charge is -2.08. The quantitative estimate of drug-likeness (QED) is 0.848. The van der Waals surface area contributed by atoms with Crippen LogP contribution < -0.4 is 14.8 Å². The fourth-order valence-electron chi connectivity index (χ4n) is 1.99. The highest BCUT2D eigenvalue weighted by molar-refractivity contribution is 5.92. The molecule has 4 heteroatoms. The lowest BCUT2D eigenvalue weighted by atomic mass is 10.1. The number of hydrogen-bond donors (Lipinski definition) is 1. The minimum Gasteiger partial charge on any atom is -0.497 e. The third-order valence-corrected chi connectivity index (χ3v) is 3.13. The van der Waals surface area contributed by atoms with Crippen LogP contribution in [-0.4, -0.2) is 19.6 Å². The summed E-state index contributed by atoms with van der Waals surface area (Å²) in [5.74, 6) is 1.55. The van der Waals surface area contributed by atoms with Gasteiger partial charge in [-0.15, -0.1) is 0 Å². The number of ether oxygens (including phenoxy) is 2. The number of carbonyl (C=O) groups is 1. The minimum absolute atomic E-state index is 0.0487. The number of carbonyl (C=O) groups excluding carboxylic acids is 1. The smallest absolute Gasteiger partial charge is 0.228 e.